The molecule has 0 amide bonds. The summed E-state index contributed by atoms with van der Waals surface area (Å²) in [5, 5.41) is 8.68. The fourth-order valence-corrected chi connectivity index (χ4v) is 2.15. The third-order valence-electron chi connectivity index (χ3n) is 3.08. The quantitative estimate of drug-likeness (QED) is 0.736. The molecule has 0 saturated carbocycles. The third kappa shape index (κ3) is 1.99. The third-order valence-corrected chi connectivity index (χ3v) is 3.08. The summed E-state index contributed by atoms with van der Waals surface area (Å²) >= 11 is 0. The van der Waals surface area contributed by atoms with Gasteiger partial charge < -0.3 is 11.1 Å². The summed E-state index contributed by atoms with van der Waals surface area (Å²) in [5.41, 5.74) is 10.3. The second kappa shape index (κ2) is 4.28. The van der Waals surface area contributed by atoms with E-state index in [0.29, 0.717) is 5.69 Å². The van der Waals surface area contributed by atoms with Crippen molar-refractivity contribution >= 4 is 28.0 Å². The number of pyridine rings is 1. The highest BCUT2D eigenvalue weighted by Crippen LogP contribution is 2.31. The number of anilines is 3. The molecule has 19 heavy (non-hydrogen) atoms. The molecular weight excluding hydrogens is 238 g/mol. The maximum absolute atomic E-state index is 6.04. The van der Waals surface area contributed by atoms with Crippen molar-refractivity contribution in [1.29, 1.82) is 0 Å². The number of benzene rings is 1. The fourth-order valence-electron chi connectivity index (χ4n) is 2.15. The summed E-state index contributed by atoms with van der Waals surface area (Å²) in [6, 6.07) is 7.91. The van der Waals surface area contributed by atoms with Gasteiger partial charge in [0.2, 0.25) is 0 Å². The van der Waals surface area contributed by atoms with Crippen LogP contribution in [0.1, 0.15) is 5.69 Å². The smallest absolute Gasteiger partial charge is 0.0828 e. The fraction of sp³-hybridized carbons (Fsp3) is 0.143. The Balaban J connectivity index is 2.14. The van der Waals surface area contributed by atoms with Gasteiger partial charge in [0.25, 0.3) is 0 Å². The first-order chi connectivity index (χ1) is 9.15. The molecule has 0 saturated heterocycles. The lowest BCUT2D eigenvalue weighted by Crippen LogP contribution is -1.99. The summed E-state index contributed by atoms with van der Waals surface area (Å²) in [7, 11) is 1.90. The van der Waals surface area contributed by atoms with E-state index in [1.54, 1.807) is 10.9 Å². The van der Waals surface area contributed by atoms with Crippen molar-refractivity contribution in [1.82, 2.24) is 14.8 Å². The minimum Gasteiger partial charge on any atom is -0.396 e. The lowest BCUT2D eigenvalue weighted by Gasteiger charge is -2.11. The lowest BCUT2D eigenvalue weighted by molar-refractivity contribution is 0.756. The number of nitrogen functional groups attached to an aromatic ring is 1. The predicted molar refractivity (Wildman–Crippen MR) is 77.4 cm³/mol. The zero-order valence-electron chi connectivity index (χ0n) is 10.9. The number of aryl methyl sites for hydroxylation is 2. The van der Waals surface area contributed by atoms with Gasteiger partial charge in [0.1, 0.15) is 0 Å². The highest BCUT2D eigenvalue weighted by molar-refractivity contribution is 5.98. The number of fused-ring (bicyclic) bond motifs is 1. The number of aromatic nitrogens is 3. The number of nitrogens with zero attached hydrogens (tertiary/aromatic N) is 3. The Morgan fingerprint density at radius 2 is 2.05 bits per heavy atom. The zero-order valence-corrected chi connectivity index (χ0v) is 10.9. The van der Waals surface area contributed by atoms with Crippen LogP contribution in [0.25, 0.3) is 10.9 Å². The highest BCUT2D eigenvalue weighted by atomic mass is 15.3. The summed E-state index contributed by atoms with van der Waals surface area (Å²) in [4.78, 5) is 4.32. The maximum atomic E-state index is 6.04. The second-order valence-corrected chi connectivity index (χ2v) is 4.53. The van der Waals surface area contributed by atoms with E-state index in [1.165, 1.54) is 0 Å². The molecule has 3 rings (SSSR count). The van der Waals surface area contributed by atoms with Crippen LogP contribution < -0.4 is 11.1 Å². The molecule has 0 radical (unpaired) electrons. The van der Waals surface area contributed by atoms with Gasteiger partial charge in [-0.05, 0) is 13.0 Å². The van der Waals surface area contributed by atoms with Crippen LogP contribution in [0.4, 0.5) is 17.1 Å². The van der Waals surface area contributed by atoms with E-state index in [2.05, 4.69) is 15.4 Å². The normalized spacial score (nSPS) is 10.8. The van der Waals surface area contributed by atoms with Gasteiger partial charge in [0.05, 0.1) is 34.5 Å². The van der Waals surface area contributed by atoms with Crippen LogP contribution in [-0.2, 0) is 7.05 Å². The molecule has 0 spiro atoms. The molecule has 0 atom stereocenters. The molecule has 2 heterocycles. The molecule has 96 valence electrons. The van der Waals surface area contributed by atoms with Gasteiger partial charge in [-0.25, -0.2) is 0 Å². The topological polar surface area (TPSA) is 68.8 Å². The molecule has 0 fully saturated rings. The number of hydrogen-bond donors (Lipinski definition) is 2. The number of nitrogens with two attached hydrogens (primary N) is 1. The van der Waals surface area contributed by atoms with Crippen molar-refractivity contribution in [2.75, 3.05) is 11.1 Å². The van der Waals surface area contributed by atoms with Gasteiger partial charge >= 0.3 is 0 Å². The number of hydrogen-bond acceptors (Lipinski definition) is 4. The Bertz CT molecular complexity index is 745. The summed E-state index contributed by atoms with van der Waals surface area (Å²) in [5.74, 6) is 0. The highest BCUT2D eigenvalue weighted by Gasteiger charge is 2.09. The molecule has 2 aromatic heterocycles. The van der Waals surface area contributed by atoms with Gasteiger partial charge in [0, 0.05) is 18.6 Å². The van der Waals surface area contributed by atoms with E-state index in [-0.39, 0.29) is 0 Å². The van der Waals surface area contributed by atoms with Crippen molar-refractivity contribution in [3.05, 3.63) is 42.4 Å². The number of rotatable bonds is 2. The Hall–Kier alpha value is -2.56. The van der Waals surface area contributed by atoms with Crippen LogP contribution in [-0.4, -0.2) is 14.8 Å². The van der Waals surface area contributed by atoms with Crippen molar-refractivity contribution < 1.29 is 0 Å². The zero-order chi connectivity index (χ0) is 13.4. The Labute approximate surface area is 111 Å². The van der Waals surface area contributed by atoms with Crippen molar-refractivity contribution in [3.63, 3.8) is 0 Å². The van der Waals surface area contributed by atoms with Crippen LogP contribution in [0.15, 0.2) is 36.7 Å². The van der Waals surface area contributed by atoms with Crippen molar-refractivity contribution in [2.24, 2.45) is 7.05 Å². The first kappa shape index (κ1) is 11.5. The molecule has 0 unspecified atom stereocenters. The first-order valence-electron chi connectivity index (χ1n) is 6.05. The molecule has 5 nitrogen and oxygen atoms in total. The van der Waals surface area contributed by atoms with Gasteiger partial charge in [-0.1, -0.05) is 18.2 Å². The second-order valence-electron chi connectivity index (χ2n) is 4.53. The molecule has 3 aromatic rings. The molecule has 1 aromatic carbocycles. The summed E-state index contributed by atoms with van der Waals surface area (Å²) in [6.07, 6.45) is 3.61. The summed E-state index contributed by atoms with van der Waals surface area (Å²) in [6.45, 7) is 1.96. The Morgan fingerprint density at radius 1 is 1.26 bits per heavy atom. The predicted octanol–water partition coefficient (Wildman–Crippen LogP) is 2.60. The van der Waals surface area contributed by atoms with Gasteiger partial charge in [0.15, 0.2) is 0 Å². The monoisotopic (exact) mass is 253 g/mol. The average molecular weight is 253 g/mol. The molecule has 0 aliphatic carbocycles. The van der Waals surface area contributed by atoms with Crippen LogP contribution in [0.3, 0.4) is 0 Å². The van der Waals surface area contributed by atoms with Gasteiger partial charge in [-0.3, -0.25) is 9.67 Å². The Kier molecular flexibility index (Phi) is 2.59. The standard InChI is InChI=1S/C14H15N5/c1-9-13(8-19(2)18-9)17-14-10-5-3-4-6-12(10)16-7-11(14)15/h3-8H,15H2,1-2H3,(H,16,17). The summed E-state index contributed by atoms with van der Waals surface area (Å²) < 4.78 is 1.78. The van der Waals surface area contributed by atoms with Crippen molar-refractivity contribution in [2.45, 2.75) is 6.92 Å². The molecule has 5 heteroatoms. The minimum absolute atomic E-state index is 0.627. The minimum atomic E-state index is 0.627. The van der Waals surface area contributed by atoms with Gasteiger partial charge in [-0.15, -0.1) is 0 Å². The average Bonchev–Trinajstić information content (AvgIpc) is 2.71. The van der Waals surface area contributed by atoms with Crippen LogP contribution in [0.2, 0.25) is 0 Å². The molecule has 3 N–H and O–H groups in total. The van der Waals surface area contributed by atoms with E-state index in [0.717, 1.165) is 28.0 Å². The largest absolute Gasteiger partial charge is 0.396 e. The van der Waals surface area contributed by atoms with E-state index in [1.807, 2.05) is 44.4 Å². The Morgan fingerprint density at radius 3 is 2.79 bits per heavy atom. The van der Waals surface area contributed by atoms with Gasteiger partial charge in [-0.2, -0.15) is 5.10 Å². The van der Waals surface area contributed by atoms with E-state index in [4.69, 9.17) is 5.73 Å². The van der Waals surface area contributed by atoms with E-state index < -0.39 is 0 Å². The SMILES string of the molecule is Cc1nn(C)cc1Nc1c(N)cnc2ccccc12. The van der Waals surface area contributed by atoms with E-state index in [9.17, 15) is 0 Å². The van der Waals surface area contributed by atoms with Crippen LogP contribution in [0.5, 0.6) is 0 Å². The van der Waals surface area contributed by atoms with E-state index >= 15 is 0 Å². The number of nitrogens with one attached hydrogen (secondary N) is 1. The first-order valence-corrected chi connectivity index (χ1v) is 6.05. The molecule has 0 bridgehead atoms. The van der Waals surface area contributed by atoms with Crippen LogP contribution in [0, 0.1) is 6.92 Å². The van der Waals surface area contributed by atoms with Crippen LogP contribution >= 0.6 is 0 Å². The van der Waals surface area contributed by atoms with Crippen molar-refractivity contribution in [3.8, 4) is 0 Å². The maximum Gasteiger partial charge on any atom is 0.0828 e. The molecule has 0 aliphatic rings. The number of para-hydroxylation sites is 1. The lowest BCUT2D eigenvalue weighted by atomic mass is 10.1. The molecular formula is C14H15N5. The molecule has 0 aliphatic heterocycles.